The summed E-state index contributed by atoms with van der Waals surface area (Å²) in [6.45, 7) is 7.13. The van der Waals surface area contributed by atoms with Crippen LogP contribution in [0.3, 0.4) is 0 Å². The Bertz CT molecular complexity index is 332. The van der Waals surface area contributed by atoms with Gasteiger partial charge in [-0.25, -0.2) is 4.68 Å². The van der Waals surface area contributed by atoms with E-state index in [1.165, 1.54) is 25.9 Å². The SMILES string of the molecule is COCCn1nnnc1C[NH+]1CCC(C)CC1. The first-order chi connectivity index (χ1) is 8.29. The molecule has 1 fully saturated rings. The van der Waals surface area contributed by atoms with E-state index in [1.54, 1.807) is 12.0 Å². The average molecular weight is 240 g/mol. The number of hydrogen-bond acceptors (Lipinski definition) is 4. The van der Waals surface area contributed by atoms with Crippen LogP contribution in [-0.2, 0) is 17.8 Å². The Morgan fingerprint density at radius 3 is 2.88 bits per heavy atom. The first-order valence-electron chi connectivity index (χ1n) is 6.37. The first kappa shape index (κ1) is 12.4. The summed E-state index contributed by atoms with van der Waals surface area (Å²) < 4.78 is 6.91. The molecule has 0 unspecified atom stereocenters. The Balaban J connectivity index is 1.87. The third-order valence-electron chi connectivity index (χ3n) is 3.50. The van der Waals surface area contributed by atoms with Crippen molar-refractivity contribution >= 4 is 0 Å². The summed E-state index contributed by atoms with van der Waals surface area (Å²) in [5.41, 5.74) is 0. The molecule has 0 aromatic carbocycles. The Labute approximate surface area is 102 Å². The van der Waals surface area contributed by atoms with Crippen LogP contribution >= 0.6 is 0 Å². The lowest BCUT2D eigenvalue weighted by molar-refractivity contribution is -0.920. The minimum atomic E-state index is 0.657. The van der Waals surface area contributed by atoms with E-state index >= 15 is 0 Å². The number of tetrazole rings is 1. The second-order valence-corrected chi connectivity index (χ2v) is 4.92. The van der Waals surface area contributed by atoms with E-state index in [0.717, 1.165) is 24.8 Å². The molecule has 1 N–H and O–H groups in total. The standard InChI is InChI=1S/C11H21N5O/c1-10-3-5-15(6-4-10)9-11-12-13-14-16(11)7-8-17-2/h10H,3-9H2,1-2H3/p+1. The van der Waals surface area contributed by atoms with E-state index in [-0.39, 0.29) is 0 Å². The van der Waals surface area contributed by atoms with E-state index in [1.807, 2.05) is 4.68 Å². The van der Waals surface area contributed by atoms with E-state index < -0.39 is 0 Å². The molecule has 96 valence electrons. The quantitative estimate of drug-likeness (QED) is 0.727. The lowest BCUT2D eigenvalue weighted by Crippen LogP contribution is -3.11. The smallest absolute Gasteiger partial charge is 0.206 e. The zero-order valence-corrected chi connectivity index (χ0v) is 10.7. The number of hydrogen-bond donors (Lipinski definition) is 1. The van der Waals surface area contributed by atoms with Crippen LogP contribution in [0, 0.1) is 5.92 Å². The van der Waals surface area contributed by atoms with Crippen molar-refractivity contribution in [2.75, 3.05) is 26.8 Å². The number of aromatic nitrogens is 4. The van der Waals surface area contributed by atoms with Crippen molar-refractivity contribution in [3.05, 3.63) is 5.82 Å². The minimum Gasteiger partial charge on any atom is -0.383 e. The van der Waals surface area contributed by atoms with Gasteiger partial charge in [0.05, 0.1) is 26.2 Å². The summed E-state index contributed by atoms with van der Waals surface area (Å²) in [5.74, 6) is 1.86. The third-order valence-corrected chi connectivity index (χ3v) is 3.50. The zero-order valence-electron chi connectivity index (χ0n) is 10.7. The molecule has 17 heavy (non-hydrogen) atoms. The van der Waals surface area contributed by atoms with Gasteiger partial charge in [0.2, 0.25) is 5.82 Å². The monoisotopic (exact) mass is 240 g/mol. The summed E-state index contributed by atoms with van der Waals surface area (Å²) in [4.78, 5) is 1.59. The van der Waals surface area contributed by atoms with Gasteiger partial charge in [0, 0.05) is 7.11 Å². The Kier molecular flexibility index (Phi) is 4.44. The Morgan fingerprint density at radius 1 is 1.41 bits per heavy atom. The summed E-state index contributed by atoms with van der Waals surface area (Å²) in [6.07, 6.45) is 2.63. The molecule has 0 bridgehead atoms. The lowest BCUT2D eigenvalue weighted by atomic mass is 9.99. The van der Waals surface area contributed by atoms with Gasteiger partial charge in [-0.15, -0.1) is 5.10 Å². The van der Waals surface area contributed by atoms with Crippen LogP contribution in [0.1, 0.15) is 25.6 Å². The van der Waals surface area contributed by atoms with Crippen LogP contribution in [-0.4, -0.2) is 47.0 Å². The van der Waals surface area contributed by atoms with Gasteiger partial charge < -0.3 is 9.64 Å². The molecule has 2 heterocycles. The molecule has 6 heteroatoms. The number of nitrogens with one attached hydrogen (secondary N) is 1. The fraction of sp³-hybridized carbons (Fsp3) is 0.909. The molecule has 0 spiro atoms. The predicted octanol–water partition coefficient (Wildman–Crippen LogP) is -0.866. The second-order valence-electron chi connectivity index (χ2n) is 4.92. The molecular formula is C11H22N5O+. The number of nitrogens with zero attached hydrogens (tertiary/aromatic N) is 4. The van der Waals surface area contributed by atoms with Crippen LogP contribution in [0.2, 0.25) is 0 Å². The highest BCUT2D eigenvalue weighted by Crippen LogP contribution is 2.07. The maximum absolute atomic E-state index is 5.05. The number of ether oxygens (including phenoxy) is 1. The topological polar surface area (TPSA) is 57.3 Å². The molecule has 0 radical (unpaired) electrons. The fourth-order valence-electron chi connectivity index (χ4n) is 2.27. The van der Waals surface area contributed by atoms with Gasteiger partial charge in [0.1, 0.15) is 6.54 Å². The van der Waals surface area contributed by atoms with Crippen molar-refractivity contribution in [3.63, 3.8) is 0 Å². The highest BCUT2D eigenvalue weighted by molar-refractivity contribution is 4.76. The van der Waals surface area contributed by atoms with E-state index in [2.05, 4.69) is 22.4 Å². The Morgan fingerprint density at radius 2 is 2.18 bits per heavy atom. The van der Waals surface area contributed by atoms with Crippen LogP contribution in [0.5, 0.6) is 0 Å². The van der Waals surface area contributed by atoms with Gasteiger partial charge in [-0.3, -0.25) is 0 Å². The molecule has 1 aromatic rings. The van der Waals surface area contributed by atoms with Crippen LogP contribution in [0.4, 0.5) is 0 Å². The molecule has 0 saturated carbocycles. The number of quaternary nitrogens is 1. The lowest BCUT2D eigenvalue weighted by Gasteiger charge is -2.26. The van der Waals surface area contributed by atoms with Gasteiger partial charge in [-0.2, -0.15) is 0 Å². The van der Waals surface area contributed by atoms with Crippen LogP contribution in [0.25, 0.3) is 0 Å². The fourth-order valence-corrected chi connectivity index (χ4v) is 2.27. The first-order valence-corrected chi connectivity index (χ1v) is 6.37. The van der Waals surface area contributed by atoms with Crippen molar-refractivity contribution < 1.29 is 9.64 Å². The molecule has 6 nitrogen and oxygen atoms in total. The molecule has 0 amide bonds. The summed E-state index contributed by atoms with van der Waals surface area (Å²) >= 11 is 0. The van der Waals surface area contributed by atoms with Crippen molar-refractivity contribution in [1.29, 1.82) is 0 Å². The maximum atomic E-state index is 5.05. The van der Waals surface area contributed by atoms with Gasteiger partial charge in [0.25, 0.3) is 0 Å². The highest BCUT2D eigenvalue weighted by atomic mass is 16.5. The average Bonchev–Trinajstić information content (AvgIpc) is 2.77. The van der Waals surface area contributed by atoms with Crippen molar-refractivity contribution in [2.45, 2.75) is 32.9 Å². The molecule has 1 aliphatic rings. The molecule has 0 atom stereocenters. The van der Waals surface area contributed by atoms with Gasteiger partial charge in [-0.05, 0) is 29.2 Å². The Hall–Kier alpha value is -1.01. The summed E-state index contributed by atoms with van der Waals surface area (Å²) in [7, 11) is 1.70. The van der Waals surface area contributed by atoms with Crippen LogP contribution in [0.15, 0.2) is 0 Å². The van der Waals surface area contributed by atoms with Crippen molar-refractivity contribution in [2.24, 2.45) is 5.92 Å². The van der Waals surface area contributed by atoms with Crippen molar-refractivity contribution in [3.8, 4) is 0 Å². The summed E-state index contributed by atoms with van der Waals surface area (Å²) in [5, 5.41) is 11.9. The van der Waals surface area contributed by atoms with Gasteiger partial charge in [0.15, 0.2) is 0 Å². The summed E-state index contributed by atoms with van der Waals surface area (Å²) in [6, 6.07) is 0. The van der Waals surface area contributed by atoms with Gasteiger partial charge in [-0.1, -0.05) is 6.92 Å². The molecular weight excluding hydrogens is 218 g/mol. The van der Waals surface area contributed by atoms with Crippen LogP contribution < -0.4 is 4.90 Å². The van der Waals surface area contributed by atoms with Crippen molar-refractivity contribution in [1.82, 2.24) is 20.2 Å². The molecule has 0 aliphatic carbocycles. The minimum absolute atomic E-state index is 0.657. The molecule has 1 aromatic heterocycles. The number of likely N-dealkylation sites (tertiary alicyclic amines) is 1. The number of methoxy groups -OCH3 is 1. The van der Waals surface area contributed by atoms with E-state index in [0.29, 0.717) is 6.61 Å². The molecule has 1 aliphatic heterocycles. The van der Waals surface area contributed by atoms with Gasteiger partial charge >= 0.3 is 0 Å². The zero-order chi connectivity index (χ0) is 12.1. The highest BCUT2D eigenvalue weighted by Gasteiger charge is 2.21. The number of piperidine rings is 1. The third kappa shape index (κ3) is 3.47. The van der Waals surface area contributed by atoms with E-state index in [4.69, 9.17) is 4.74 Å². The van der Waals surface area contributed by atoms with E-state index in [9.17, 15) is 0 Å². The maximum Gasteiger partial charge on any atom is 0.206 e. The normalized spacial score (nSPS) is 25.1. The second kappa shape index (κ2) is 6.07. The number of rotatable bonds is 5. The largest absolute Gasteiger partial charge is 0.383 e. The predicted molar refractivity (Wildman–Crippen MR) is 62.5 cm³/mol. The molecule has 1 saturated heterocycles. The molecule has 2 rings (SSSR count).